The van der Waals surface area contributed by atoms with Crippen molar-refractivity contribution in [3.8, 4) is 28.5 Å². The van der Waals surface area contributed by atoms with Gasteiger partial charge in [0.25, 0.3) is 0 Å². The van der Waals surface area contributed by atoms with E-state index in [0.717, 1.165) is 40.5 Å². The van der Waals surface area contributed by atoms with E-state index >= 15 is 0 Å². The average Bonchev–Trinajstić information content (AvgIpc) is 3.29. The van der Waals surface area contributed by atoms with Crippen molar-refractivity contribution in [2.75, 3.05) is 34.2 Å². The maximum Gasteiger partial charge on any atom is 0.168 e. The molecule has 0 aliphatic carbocycles. The Bertz CT molecular complexity index is 1210. The van der Waals surface area contributed by atoms with Crippen LogP contribution < -0.4 is 5.32 Å². The van der Waals surface area contributed by atoms with Crippen molar-refractivity contribution in [2.24, 2.45) is 0 Å². The number of nitrogens with one attached hydrogen (secondary N) is 3. The Kier molecular flexibility index (Phi) is 5.32. The van der Waals surface area contributed by atoms with Crippen LogP contribution in [0.1, 0.15) is 11.1 Å². The molecule has 2 aromatic carbocycles. The fourth-order valence-electron chi connectivity index (χ4n) is 4.09. The van der Waals surface area contributed by atoms with E-state index in [0.29, 0.717) is 29.6 Å². The molecule has 0 spiro atoms. The molecule has 0 bridgehead atoms. The molecule has 0 amide bonds. The van der Waals surface area contributed by atoms with Gasteiger partial charge in [0, 0.05) is 34.6 Å². The van der Waals surface area contributed by atoms with Crippen molar-refractivity contribution in [1.82, 2.24) is 20.2 Å². The lowest BCUT2D eigenvalue weighted by Gasteiger charge is -2.12. The zero-order valence-electron chi connectivity index (χ0n) is 17.5. The van der Waals surface area contributed by atoms with E-state index in [1.807, 2.05) is 39.5 Å². The quantitative estimate of drug-likeness (QED) is 0.263. The monoisotopic (exact) mass is 408 g/mol. The maximum absolute atomic E-state index is 10.9. The van der Waals surface area contributed by atoms with Crippen LogP contribution in [0.3, 0.4) is 0 Å². The summed E-state index contributed by atoms with van der Waals surface area (Å²) in [7, 11) is 5.88. The molecule has 0 saturated carbocycles. The smallest absolute Gasteiger partial charge is 0.168 e. The second-order valence-corrected chi connectivity index (χ2v) is 7.94. The van der Waals surface area contributed by atoms with Crippen LogP contribution in [0.2, 0.25) is 0 Å². The van der Waals surface area contributed by atoms with E-state index in [-0.39, 0.29) is 17.2 Å². The molecule has 30 heavy (non-hydrogen) atoms. The highest BCUT2D eigenvalue weighted by atomic mass is 16.3. The molecule has 0 unspecified atom stereocenters. The van der Waals surface area contributed by atoms with Gasteiger partial charge in [-0.3, -0.25) is 0 Å². The van der Waals surface area contributed by atoms with Gasteiger partial charge >= 0.3 is 0 Å². The summed E-state index contributed by atoms with van der Waals surface area (Å²) >= 11 is 0. The maximum atomic E-state index is 10.9. The van der Waals surface area contributed by atoms with E-state index in [9.17, 15) is 15.3 Å². The molecule has 0 saturated heterocycles. The van der Waals surface area contributed by atoms with Crippen molar-refractivity contribution in [3.05, 3.63) is 41.6 Å². The summed E-state index contributed by atoms with van der Waals surface area (Å²) in [5.74, 6) is -0.0957. The standard InChI is InChI=1S/C23H28N4O3/c1-24-9-7-14-20-16(5-4-6-18(20)28)26-21(14)15-11-17-19(23(30)22(15)29)13(12-25-17)8-10-27(2)3/h4-6,11-12,24-26,28-30H,7-10H2,1-3H3. The molecule has 0 radical (unpaired) electrons. The highest BCUT2D eigenvalue weighted by molar-refractivity contribution is 6.01. The second kappa shape index (κ2) is 7.93. The lowest BCUT2D eigenvalue weighted by molar-refractivity contribution is 0.407. The summed E-state index contributed by atoms with van der Waals surface area (Å²) in [5.41, 5.74) is 4.60. The Morgan fingerprint density at radius 2 is 1.80 bits per heavy atom. The Labute approximate surface area is 175 Å². The number of hydrogen-bond acceptors (Lipinski definition) is 5. The molecule has 7 nitrogen and oxygen atoms in total. The molecule has 4 aromatic rings. The fraction of sp³-hybridized carbons (Fsp3) is 0.304. The van der Waals surface area contributed by atoms with E-state index in [2.05, 4.69) is 20.2 Å². The highest BCUT2D eigenvalue weighted by Gasteiger charge is 2.22. The summed E-state index contributed by atoms with van der Waals surface area (Å²) in [4.78, 5) is 8.64. The SMILES string of the molecule is CNCCc1c(-c2cc3[nH]cc(CCN(C)C)c3c(O)c2O)[nH]c2cccc(O)c12. The summed E-state index contributed by atoms with van der Waals surface area (Å²) in [6, 6.07) is 7.19. The molecule has 7 heteroatoms. The normalized spacial score (nSPS) is 11.9. The number of likely N-dealkylation sites (N-methyl/N-ethyl adjacent to an activating group) is 2. The minimum atomic E-state index is -0.162. The highest BCUT2D eigenvalue weighted by Crippen LogP contribution is 2.46. The molecule has 4 rings (SSSR count). The number of fused-ring (bicyclic) bond motifs is 2. The van der Waals surface area contributed by atoms with Gasteiger partial charge in [-0.05, 0) is 69.9 Å². The molecule has 6 N–H and O–H groups in total. The summed E-state index contributed by atoms with van der Waals surface area (Å²) in [5, 5.41) is 36.8. The Hall–Kier alpha value is -3.16. The first kappa shape index (κ1) is 20.1. The third-order valence-corrected chi connectivity index (χ3v) is 5.63. The number of aromatic amines is 2. The Morgan fingerprint density at radius 3 is 2.53 bits per heavy atom. The number of phenolic OH excluding ortho intramolecular Hbond substituents is 3. The number of H-pyrrole nitrogens is 2. The largest absolute Gasteiger partial charge is 0.507 e. The number of aromatic nitrogens is 2. The zero-order valence-corrected chi connectivity index (χ0v) is 17.5. The van der Waals surface area contributed by atoms with E-state index in [1.54, 1.807) is 12.1 Å². The Morgan fingerprint density at radius 1 is 1.00 bits per heavy atom. The second-order valence-electron chi connectivity index (χ2n) is 7.94. The van der Waals surface area contributed by atoms with E-state index < -0.39 is 0 Å². The van der Waals surface area contributed by atoms with Gasteiger partial charge in [0.15, 0.2) is 11.5 Å². The molecule has 0 atom stereocenters. The van der Waals surface area contributed by atoms with Gasteiger partial charge in [0.2, 0.25) is 0 Å². The molecule has 0 aliphatic rings. The minimum Gasteiger partial charge on any atom is -0.507 e. The van der Waals surface area contributed by atoms with Crippen molar-refractivity contribution in [3.63, 3.8) is 0 Å². The number of phenols is 3. The van der Waals surface area contributed by atoms with Crippen LogP contribution in [0.15, 0.2) is 30.5 Å². The molecule has 0 aliphatic heterocycles. The summed E-state index contributed by atoms with van der Waals surface area (Å²) in [6.45, 7) is 1.55. The third kappa shape index (κ3) is 3.36. The van der Waals surface area contributed by atoms with Gasteiger partial charge in [-0.25, -0.2) is 0 Å². The van der Waals surface area contributed by atoms with Crippen molar-refractivity contribution in [1.29, 1.82) is 0 Å². The summed E-state index contributed by atoms with van der Waals surface area (Å²) in [6.07, 6.45) is 3.30. The first-order valence-electron chi connectivity index (χ1n) is 10.1. The number of benzene rings is 2. The lowest BCUT2D eigenvalue weighted by atomic mass is 9.98. The average molecular weight is 409 g/mol. The van der Waals surface area contributed by atoms with Crippen LogP contribution in [0.25, 0.3) is 33.1 Å². The van der Waals surface area contributed by atoms with Gasteiger partial charge < -0.3 is 35.5 Å². The summed E-state index contributed by atoms with van der Waals surface area (Å²) < 4.78 is 0. The first-order valence-corrected chi connectivity index (χ1v) is 10.1. The van der Waals surface area contributed by atoms with Crippen molar-refractivity contribution < 1.29 is 15.3 Å². The lowest BCUT2D eigenvalue weighted by Crippen LogP contribution is -2.14. The number of aromatic hydroxyl groups is 3. The van der Waals surface area contributed by atoms with Crippen molar-refractivity contribution in [2.45, 2.75) is 12.8 Å². The molecule has 0 fully saturated rings. The molecular weight excluding hydrogens is 380 g/mol. The predicted molar refractivity (Wildman–Crippen MR) is 120 cm³/mol. The van der Waals surface area contributed by atoms with Crippen LogP contribution in [0, 0.1) is 0 Å². The third-order valence-electron chi connectivity index (χ3n) is 5.63. The van der Waals surface area contributed by atoms with Crippen LogP contribution in [0.4, 0.5) is 0 Å². The van der Waals surface area contributed by atoms with Gasteiger partial charge in [0.1, 0.15) is 5.75 Å². The first-order chi connectivity index (χ1) is 14.4. The molecule has 2 aromatic heterocycles. The van der Waals surface area contributed by atoms with Gasteiger partial charge in [-0.2, -0.15) is 0 Å². The topological polar surface area (TPSA) is 108 Å². The van der Waals surface area contributed by atoms with Crippen LogP contribution >= 0.6 is 0 Å². The fourth-order valence-corrected chi connectivity index (χ4v) is 4.09. The van der Waals surface area contributed by atoms with E-state index in [1.165, 1.54) is 0 Å². The number of hydrogen-bond donors (Lipinski definition) is 6. The van der Waals surface area contributed by atoms with Crippen LogP contribution in [-0.2, 0) is 12.8 Å². The van der Waals surface area contributed by atoms with Crippen LogP contribution in [-0.4, -0.2) is 64.4 Å². The van der Waals surface area contributed by atoms with Gasteiger partial charge in [-0.1, -0.05) is 6.07 Å². The Balaban J connectivity index is 1.90. The van der Waals surface area contributed by atoms with E-state index in [4.69, 9.17) is 0 Å². The number of nitrogens with zero attached hydrogens (tertiary/aromatic N) is 1. The minimum absolute atomic E-state index is 0.125. The van der Waals surface area contributed by atoms with Gasteiger partial charge in [0.05, 0.1) is 11.2 Å². The molecular formula is C23H28N4O3. The van der Waals surface area contributed by atoms with Gasteiger partial charge in [-0.15, -0.1) is 0 Å². The van der Waals surface area contributed by atoms with Crippen molar-refractivity contribution >= 4 is 21.8 Å². The van der Waals surface area contributed by atoms with Crippen LogP contribution in [0.5, 0.6) is 17.2 Å². The molecule has 158 valence electrons. The predicted octanol–water partition coefficient (Wildman–Crippen LogP) is 3.30. The zero-order chi connectivity index (χ0) is 21.4. The number of rotatable bonds is 7. The molecule has 2 heterocycles.